The van der Waals surface area contributed by atoms with Gasteiger partial charge in [0.1, 0.15) is 11.8 Å². The number of aliphatic imine (C=N–C) groups is 1. The van der Waals surface area contributed by atoms with Crippen molar-refractivity contribution >= 4 is 17.8 Å². The maximum Gasteiger partial charge on any atom is 0.156 e. The van der Waals surface area contributed by atoms with Crippen molar-refractivity contribution in [1.82, 2.24) is 5.32 Å². The number of nitrogens with one attached hydrogen (secondary N) is 1. The first-order chi connectivity index (χ1) is 12.5. The van der Waals surface area contributed by atoms with Gasteiger partial charge in [0.2, 0.25) is 0 Å². The molecule has 0 amide bonds. The molecule has 1 rings (SSSR count). The van der Waals surface area contributed by atoms with Crippen LogP contribution in [0.3, 0.4) is 0 Å². The van der Waals surface area contributed by atoms with Crippen LogP contribution in [0.4, 0.5) is 0 Å². The Kier molecular flexibility index (Phi) is 19.7. The number of hydrogen-bond acceptors (Lipinski definition) is 6. The van der Waals surface area contributed by atoms with E-state index in [9.17, 15) is 9.59 Å². The van der Waals surface area contributed by atoms with Crippen molar-refractivity contribution in [2.24, 2.45) is 4.99 Å². The van der Waals surface area contributed by atoms with Crippen LogP contribution >= 0.6 is 0 Å². The molecule has 1 fully saturated rings. The standard InChI is InChI=1S/C10H18NO2.C7H13NO2.C4H8.W/c1-7-5-10(6-13-4,9(3)12)11-8(7)2;1-4-8-7(5-10-3)6(2)9;1-4(2)3;/h8,11H,5-6H2,1-4H3;4,7H,5H2,1-3H3;1H2,2-3H3;/q-1;;;. The Morgan fingerprint density at radius 1 is 1.29 bits per heavy atom. The number of rotatable bonds is 7. The molecular formula is C21H39N2O4W-. The number of hydrogen-bond donors (Lipinski definition) is 1. The van der Waals surface area contributed by atoms with Crippen molar-refractivity contribution in [3.8, 4) is 0 Å². The molecular weight excluding hydrogens is 528 g/mol. The smallest absolute Gasteiger partial charge is 0.156 e. The van der Waals surface area contributed by atoms with Gasteiger partial charge < -0.3 is 14.8 Å². The minimum absolute atomic E-state index is 0. The Morgan fingerprint density at radius 2 is 1.79 bits per heavy atom. The van der Waals surface area contributed by atoms with Crippen molar-refractivity contribution in [3.05, 3.63) is 18.1 Å². The van der Waals surface area contributed by atoms with Crippen molar-refractivity contribution in [3.63, 3.8) is 0 Å². The third kappa shape index (κ3) is 13.5. The molecule has 1 heterocycles. The van der Waals surface area contributed by atoms with Gasteiger partial charge in [-0.1, -0.05) is 12.5 Å². The average molecular weight is 567 g/mol. The molecule has 1 aliphatic heterocycles. The zero-order valence-electron chi connectivity index (χ0n) is 19.0. The zero-order chi connectivity index (χ0) is 21.6. The predicted molar refractivity (Wildman–Crippen MR) is 112 cm³/mol. The molecule has 0 saturated carbocycles. The number of allylic oxidation sites excluding steroid dienone is 1. The van der Waals surface area contributed by atoms with Crippen LogP contribution < -0.4 is 5.32 Å². The molecule has 164 valence electrons. The minimum atomic E-state index is -0.460. The third-order valence-electron chi connectivity index (χ3n) is 4.00. The first-order valence-electron chi connectivity index (χ1n) is 9.16. The van der Waals surface area contributed by atoms with Crippen LogP contribution in [0.2, 0.25) is 0 Å². The summed E-state index contributed by atoms with van der Waals surface area (Å²) in [6.07, 6.45) is 2.42. The molecule has 0 spiro atoms. The number of methoxy groups -OCH3 is 2. The summed E-state index contributed by atoms with van der Waals surface area (Å²) in [7, 11) is 3.19. The van der Waals surface area contributed by atoms with E-state index in [-0.39, 0.29) is 38.7 Å². The second-order valence-corrected chi connectivity index (χ2v) is 7.16. The Labute approximate surface area is 186 Å². The summed E-state index contributed by atoms with van der Waals surface area (Å²) in [5.74, 6) is 1.53. The summed E-state index contributed by atoms with van der Waals surface area (Å²) >= 11 is 0. The zero-order valence-corrected chi connectivity index (χ0v) is 22.0. The van der Waals surface area contributed by atoms with Crippen molar-refractivity contribution in [2.75, 3.05) is 27.4 Å². The molecule has 1 saturated heterocycles. The molecule has 3 unspecified atom stereocenters. The fraction of sp³-hybridized carbons (Fsp3) is 0.714. The molecule has 0 aliphatic carbocycles. The van der Waals surface area contributed by atoms with Crippen LogP contribution in [0.15, 0.2) is 17.1 Å². The Bertz CT molecular complexity index is 481. The average Bonchev–Trinajstić information content (AvgIpc) is 2.83. The molecule has 1 N–H and O–H groups in total. The topological polar surface area (TPSA) is 77.0 Å². The number of nitrogens with zero attached hydrogens (tertiary/aromatic N) is 1. The van der Waals surface area contributed by atoms with Gasteiger partial charge in [-0.2, -0.15) is 6.92 Å². The normalized spacial score (nSPS) is 22.2. The van der Waals surface area contributed by atoms with E-state index in [2.05, 4.69) is 30.7 Å². The van der Waals surface area contributed by atoms with E-state index >= 15 is 0 Å². The molecule has 0 radical (unpaired) electrons. The maximum absolute atomic E-state index is 11.5. The first-order valence-corrected chi connectivity index (χ1v) is 9.16. The van der Waals surface area contributed by atoms with Gasteiger partial charge in [-0.05, 0) is 40.8 Å². The van der Waals surface area contributed by atoms with Gasteiger partial charge in [0.15, 0.2) is 5.78 Å². The molecule has 0 aromatic carbocycles. The number of carbonyl (C=O) groups is 2. The predicted octanol–water partition coefficient (Wildman–Crippen LogP) is 3.20. The van der Waals surface area contributed by atoms with E-state index in [1.165, 1.54) is 18.4 Å². The Morgan fingerprint density at radius 3 is 2.04 bits per heavy atom. The van der Waals surface area contributed by atoms with Gasteiger partial charge in [0.05, 0.1) is 18.8 Å². The van der Waals surface area contributed by atoms with Crippen LogP contribution in [0, 0.1) is 5.92 Å². The summed E-state index contributed by atoms with van der Waals surface area (Å²) < 4.78 is 9.87. The number of Topliss-reactive ketones (excluding diaryl/α,β-unsaturated/α-hetero) is 2. The van der Waals surface area contributed by atoms with Gasteiger partial charge in [0.25, 0.3) is 0 Å². The summed E-state index contributed by atoms with van der Waals surface area (Å²) in [5, 5.41) is 3.31. The van der Waals surface area contributed by atoms with E-state index in [1.807, 2.05) is 13.8 Å². The molecule has 7 heteroatoms. The summed E-state index contributed by atoms with van der Waals surface area (Å²) in [5.41, 5.74) is 0.707. The van der Waals surface area contributed by atoms with Gasteiger partial charge in [-0.3, -0.25) is 20.5 Å². The molecule has 1 aliphatic rings. The number of ketones is 2. The molecule has 0 aromatic rings. The van der Waals surface area contributed by atoms with E-state index in [0.29, 0.717) is 19.3 Å². The van der Waals surface area contributed by atoms with Gasteiger partial charge in [-0.25, -0.2) is 0 Å². The van der Waals surface area contributed by atoms with Crippen LogP contribution in [-0.4, -0.2) is 62.8 Å². The van der Waals surface area contributed by atoms with Crippen LogP contribution in [0.5, 0.6) is 0 Å². The number of ether oxygens (including phenoxy) is 2. The SMILES string of the molecule is C=C(C)C.CC=NC(COC)C(C)=O.COCC1(C(C)=O)C[C-](C)C(C)N1.[W]. The van der Waals surface area contributed by atoms with Crippen LogP contribution in [0.1, 0.15) is 54.9 Å². The quantitative estimate of drug-likeness (QED) is 0.291. The van der Waals surface area contributed by atoms with Gasteiger partial charge in [-0.15, -0.1) is 19.0 Å². The van der Waals surface area contributed by atoms with E-state index < -0.39 is 5.54 Å². The van der Waals surface area contributed by atoms with Crippen molar-refractivity contribution in [1.29, 1.82) is 0 Å². The van der Waals surface area contributed by atoms with Crippen LogP contribution in [-0.2, 0) is 40.1 Å². The third-order valence-corrected chi connectivity index (χ3v) is 4.00. The van der Waals surface area contributed by atoms with Crippen molar-refractivity contribution in [2.45, 2.75) is 72.5 Å². The fourth-order valence-electron chi connectivity index (χ4n) is 2.49. The van der Waals surface area contributed by atoms with Gasteiger partial charge in [0, 0.05) is 35.3 Å². The van der Waals surface area contributed by atoms with Gasteiger partial charge >= 0.3 is 0 Å². The molecule has 0 bridgehead atoms. The molecule has 0 aromatic heterocycles. The van der Waals surface area contributed by atoms with E-state index in [4.69, 9.17) is 9.47 Å². The fourth-order valence-corrected chi connectivity index (χ4v) is 2.49. The maximum atomic E-state index is 11.5. The van der Waals surface area contributed by atoms with E-state index in [0.717, 1.165) is 6.42 Å². The minimum Gasteiger partial charge on any atom is -0.382 e. The van der Waals surface area contributed by atoms with Crippen LogP contribution in [0.25, 0.3) is 0 Å². The molecule has 3 atom stereocenters. The molecule has 6 nitrogen and oxygen atoms in total. The Balaban J connectivity index is -0.000000373. The summed E-state index contributed by atoms with van der Waals surface area (Å²) in [6.45, 7) is 17.4. The first kappa shape index (κ1) is 32.0. The van der Waals surface area contributed by atoms with E-state index in [1.54, 1.807) is 34.3 Å². The van der Waals surface area contributed by atoms with Crippen molar-refractivity contribution < 1.29 is 40.1 Å². The summed E-state index contributed by atoms with van der Waals surface area (Å²) in [6, 6.07) is 0.00838. The summed E-state index contributed by atoms with van der Waals surface area (Å²) in [4.78, 5) is 26.1. The molecule has 28 heavy (non-hydrogen) atoms. The second-order valence-electron chi connectivity index (χ2n) is 7.16. The Hall–Kier alpha value is -0.682. The monoisotopic (exact) mass is 567 g/mol. The largest absolute Gasteiger partial charge is 0.382 e. The number of carbonyl (C=O) groups excluding carboxylic acids is 2. The second kappa shape index (κ2) is 17.2.